The Morgan fingerprint density at radius 2 is 1.88 bits per heavy atom. The Balaban J connectivity index is 1.88. The van der Waals surface area contributed by atoms with Crippen LogP contribution in [0.3, 0.4) is 0 Å². The molecule has 3 amide bonds. The van der Waals surface area contributed by atoms with Crippen molar-refractivity contribution in [2.75, 3.05) is 0 Å². The second kappa shape index (κ2) is 6.26. The predicted octanol–water partition coefficient (Wildman–Crippen LogP) is 3.80. The quantitative estimate of drug-likeness (QED) is 0.847. The van der Waals surface area contributed by atoms with Gasteiger partial charge in [-0.1, -0.05) is 58.0 Å². The van der Waals surface area contributed by atoms with Gasteiger partial charge in [-0.2, -0.15) is 0 Å². The fourth-order valence-corrected chi connectivity index (χ4v) is 3.92. The molecule has 1 saturated heterocycles. The molecular weight excluding hydrogens is 334 g/mol. The average Bonchev–Trinajstić information content (AvgIpc) is 3.15. The van der Waals surface area contributed by atoms with Crippen molar-refractivity contribution in [2.24, 2.45) is 0 Å². The van der Waals surface area contributed by atoms with Gasteiger partial charge < -0.3 is 5.32 Å². The molecule has 2 heterocycles. The number of benzene rings is 1. The number of rotatable bonds is 4. The molecule has 2 aromatic rings. The van der Waals surface area contributed by atoms with Crippen molar-refractivity contribution in [3.05, 3.63) is 52.0 Å². The van der Waals surface area contributed by atoms with Crippen LogP contribution < -0.4 is 5.32 Å². The maximum atomic E-state index is 13.1. The van der Waals surface area contributed by atoms with Crippen LogP contribution in [0.1, 0.15) is 50.4 Å². The van der Waals surface area contributed by atoms with Gasteiger partial charge in [0, 0.05) is 10.8 Å². The number of thiazole rings is 1. The third-order valence-electron chi connectivity index (χ3n) is 4.49. The minimum atomic E-state index is -0.985. The zero-order valence-electron chi connectivity index (χ0n) is 15.0. The molecule has 0 spiro atoms. The van der Waals surface area contributed by atoms with Crippen LogP contribution in [-0.2, 0) is 22.3 Å². The lowest BCUT2D eigenvalue weighted by Gasteiger charge is -2.25. The Bertz CT molecular complexity index is 795. The van der Waals surface area contributed by atoms with E-state index in [0.29, 0.717) is 6.42 Å². The Kier molecular flexibility index (Phi) is 4.41. The molecule has 25 heavy (non-hydrogen) atoms. The molecule has 1 fully saturated rings. The summed E-state index contributed by atoms with van der Waals surface area (Å²) in [5, 5.41) is 5.83. The first-order chi connectivity index (χ1) is 11.8. The Morgan fingerprint density at radius 1 is 1.20 bits per heavy atom. The normalized spacial score (nSPS) is 20.9. The minimum absolute atomic E-state index is 0.0442. The van der Waals surface area contributed by atoms with Gasteiger partial charge >= 0.3 is 6.03 Å². The molecule has 1 aromatic heterocycles. The molecule has 0 radical (unpaired) electrons. The molecule has 0 bridgehead atoms. The van der Waals surface area contributed by atoms with Gasteiger partial charge in [0.1, 0.15) is 5.54 Å². The fraction of sp³-hybridized carbons (Fsp3) is 0.421. The first-order valence-electron chi connectivity index (χ1n) is 8.42. The number of nitrogens with one attached hydrogen (secondary N) is 1. The van der Waals surface area contributed by atoms with Gasteiger partial charge in [-0.25, -0.2) is 9.78 Å². The van der Waals surface area contributed by atoms with Gasteiger partial charge in [0.25, 0.3) is 5.91 Å². The number of hydrogen-bond acceptors (Lipinski definition) is 4. The lowest BCUT2D eigenvalue weighted by Crippen LogP contribution is -2.43. The van der Waals surface area contributed by atoms with Crippen LogP contribution in [-0.4, -0.2) is 21.8 Å². The summed E-state index contributed by atoms with van der Waals surface area (Å²) >= 11 is 1.56. The van der Waals surface area contributed by atoms with Gasteiger partial charge in [0.05, 0.1) is 17.2 Å². The van der Waals surface area contributed by atoms with Crippen molar-refractivity contribution in [1.82, 2.24) is 15.2 Å². The van der Waals surface area contributed by atoms with Crippen molar-refractivity contribution in [1.29, 1.82) is 0 Å². The smallest absolute Gasteiger partial charge is 0.319 e. The molecule has 6 heteroatoms. The second-order valence-electron chi connectivity index (χ2n) is 7.34. The Hall–Kier alpha value is -2.21. The molecule has 3 rings (SSSR count). The van der Waals surface area contributed by atoms with Crippen molar-refractivity contribution >= 4 is 23.3 Å². The third kappa shape index (κ3) is 3.06. The summed E-state index contributed by atoms with van der Waals surface area (Å²) in [6, 6.07) is 9.06. The van der Waals surface area contributed by atoms with Gasteiger partial charge in [-0.05, 0) is 12.0 Å². The maximum absolute atomic E-state index is 13.1. The van der Waals surface area contributed by atoms with E-state index in [1.807, 2.05) is 42.6 Å². The molecular formula is C19H23N3O2S. The van der Waals surface area contributed by atoms with Crippen molar-refractivity contribution < 1.29 is 9.59 Å². The highest BCUT2D eigenvalue weighted by Crippen LogP contribution is 2.33. The molecule has 1 unspecified atom stereocenters. The number of carbonyl (C=O) groups is 2. The largest absolute Gasteiger partial charge is 0.325 e. The fourth-order valence-electron chi connectivity index (χ4n) is 3.02. The summed E-state index contributed by atoms with van der Waals surface area (Å²) in [6.07, 6.45) is 0.502. The van der Waals surface area contributed by atoms with E-state index in [2.05, 4.69) is 31.1 Å². The van der Waals surface area contributed by atoms with Crippen LogP contribution in [0.5, 0.6) is 0 Å². The zero-order chi connectivity index (χ0) is 18.2. The first kappa shape index (κ1) is 17.6. The third-order valence-corrected chi connectivity index (χ3v) is 5.80. The van der Waals surface area contributed by atoms with E-state index in [9.17, 15) is 9.59 Å². The van der Waals surface area contributed by atoms with Gasteiger partial charge in [-0.15, -0.1) is 11.3 Å². The molecule has 5 nitrogen and oxygen atoms in total. The van der Waals surface area contributed by atoms with Gasteiger partial charge in [-0.3, -0.25) is 9.69 Å². The second-order valence-corrected chi connectivity index (χ2v) is 8.20. The summed E-state index contributed by atoms with van der Waals surface area (Å²) in [5.41, 5.74) is 0.531. The molecule has 0 saturated carbocycles. The van der Waals surface area contributed by atoms with Crippen LogP contribution >= 0.6 is 11.3 Å². The van der Waals surface area contributed by atoms with E-state index >= 15 is 0 Å². The van der Waals surface area contributed by atoms with E-state index in [1.54, 1.807) is 11.3 Å². The Morgan fingerprint density at radius 3 is 2.44 bits per heavy atom. The lowest BCUT2D eigenvalue weighted by atomic mass is 9.87. The number of hydrogen-bond donors (Lipinski definition) is 1. The van der Waals surface area contributed by atoms with Gasteiger partial charge in [0.15, 0.2) is 0 Å². The highest BCUT2D eigenvalue weighted by Gasteiger charge is 2.51. The Labute approximate surface area is 152 Å². The number of imide groups is 1. The molecule has 1 aliphatic rings. The molecule has 0 aliphatic carbocycles. The van der Waals surface area contributed by atoms with E-state index in [4.69, 9.17) is 0 Å². The lowest BCUT2D eigenvalue weighted by molar-refractivity contribution is -0.132. The van der Waals surface area contributed by atoms with E-state index < -0.39 is 5.54 Å². The summed E-state index contributed by atoms with van der Waals surface area (Å²) in [4.78, 5) is 31.5. The topological polar surface area (TPSA) is 62.3 Å². The minimum Gasteiger partial charge on any atom is -0.319 e. The van der Waals surface area contributed by atoms with Crippen molar-refractivity contribution in [2.45, 2.75) is 51.6 Å². The zero-order valence-corrected chi connectivity index (χ0v) is 15.8. The summed E-state index contributed by atoms with van der Waals surface area (Å²) in [7, 11) is 0. The van der Waals surface area contributed by atoms with Crippen molar-refractivity contribution in [3.8, 4) is 0 Å². The number of amides is 3. The SMILES string of the molecule is CCC1(c2ccccc2)NC(=O)N(Cc2csc(C(C)(C)C)n2)C1=O. The van der Waals surface area contributed by atoms with Crippen LogP contribution in [0, 0.1) is 0 Å². The number of aromatic nitrogens is 1. The molecule has 1 N–H and O–H groups in total. The predicted molar refractivity (Wildman–Crippen MR) is 98.3 cm³/mol. The molecule has 1 atom stereocenters. The molecule has 1 aromatic carbocycles. The number of carbonyl (C=O) groups excluding carboxylic acids is 2. The van der Waals surface area contributed by atoms with Crippen molar-refractivity contribution in [3.63, 3.8) is 0 Å². The van der Waals surface area contributed by atoms with E-state index in [0.717, 1.165) is 16.3 Å². The van der Waals surface area contributed by atoms with Crippen LogP contribution in [0.25, 0.3) is 0 Å². The average molecular weight is 357 g/mol. The highest BCUT2D eigenvalue weighted by atomic mass is 32.1. The summed E-state index contributed by atoms with van der Waals surface area (Å²) in [6.45, 7) is 8.41. The summed E-state index contributed by atoms with van der Waals surface area (Å²) in [5.74, 6) is -0.212. The molecule has 1 aliphatic heterocycles. The van der Waals surface area contributed by atoms with Crippen LogP contribution in [0.4, 0.5) is 4.79 Å². The standard InChI is InChI=1S/C19H23N3O2S/c1-5-19(13-9-7-6-8-10-13)16(23)22(17(24)21-19)11-14-12-25-15(20-14)18(2,3)4/h6-10,12H,5,11H2,1-4H3,(H,21,24). The highest BCUT2D eigenvalue weighted by molar-refractivity contribution is 7.09. The van der Waals surface area contributed by atoms with E-state index in [1.165, 1.54) is 4.90 Å². The monoisotopic (exact) mass is 357 g/mol. The maximum Gasteiger partial charge on any atom is 0.325 e. The first-order valence-corrected chi connectivity index (χ1v) is 9.30. The van der Waals surface area contributed by atoms with E-state index in [-0.39, 0.29) is 23.9 Å². The molecule has 132 valence electrons. The van der Waals surface area contributed by atoms with Crippen LogP contribution in [0.2, 0.25) is 0 Å². The summed E-state index contributed by atoms with van der Waals surface area (Å²) < 4.78 is 0. The van der Waals surface area contributed by atoms with Gasteiger partial charge in [0.2, 0.25) is 0 Å². The van der Waals surface area contributed by atoms with Crippen LogP contribution in [0.15, 0.2) is 35.7 Å². The number of nitrogens with zero attached hydrogens (tertiary/aromatic N) is 2. The number of urea groups is 1.